The largest absolute Gasteiger partial charge is 0.370 e. The van der Waals surface area contributed by atoms with Gasteiger partial charge in [0.25, 0.3) is 10.0 Å². The first-order chi connectivity index (χ1) is 9.51. The number of benzene rings is 1. The normalized spacial score (nSPS) is 11.1. The molecule has 0 unspecified atom stereocenters. The van der Waals surface area contributed by atoms with Gasteiger partial charge in [-0.3, -0.25) is 4.72 Å². The molecule has 0 radical (unpaired) electrons. The van der Waals surface area contributed by atoms with Crippen molar-refractivity contribution in [3.63, 3.8) is 0 Å². The molecule has 0 aliphatic carbocycles. The van der Waals surface area contributed by atoms with Crippen molar-refractivity contribution < 1.29 is 8.42 Å². The number of sulfonamides is 1. The lowest BCUT2D eigenvalue weighted by atomic mass is 10.2. The highest BCUT2D eigenvalue weighted by molar-refractivity contribution is 7.92. The van der Waals surface area contributed by atoms with Gasteiger partial charge in [-0.15, -0.1) is 0 Å². The fraction of sp³-hybridized carbons (Fsp3) is 0.214. The molecular formula is C14H17N3O2S. The van der Waals surface area contributed by atoms with Gasteiger partial charge in [0.2, 0.25) is 0 Å². The van der Waals surface area contributed by atoms with Gasteiger partial charge in [-0.05, 0) is 43.7 Å². The minimum Gasteiger partial charge on any atom is -0.370 e. The van der Waals surface area contributed by atoms with E-state index in [0.29, 0.717) is 11.5 Å². The summed E-state index contributed by atoms with van der Waals surface area (Å²) in [5, 5.41) is 3.02. The number of nitrogens with zero attached hydrogens (tertiary/aromatic N) is 1. The van der Waals surface area contributed by atoms with Gasteiger partial charge in [-0.25, -0.2) is 13.4 Å². The second-order valence-corrected chi connectivity index (χ2v) is 6.07. The molecule has 0 saturated carbocycles. The highest BCUT2D eigenvalue weighted by atomic mass is 32.2. The van der Waals surface area contributed by atoms with Gasteiger partial charge in [-0.1, -0.05) is 12.1 Å². The average molecular weight is 291 g/mol. The van der Waals surface area contributed by atoms with Crippen LogP contribution in [0.25, 0.3) is 0 Å². The van der Waals surface area contributed by atoms with E-state index in [1.807, 2.05) is 19.9 Å². The van der Waals surface area contributed by atoms with Crippen molar-refractivity contribution in [1.29, 1.82) is 0 Å². The first-order valence-electron chi connectivity index (χ1n) is 6.30. The summed E-state index contributed by atoms with van der Waals surface area (Å²) in [6, 6.07) is 10.4. The lowest BCUT2D eigenvalue weighted by Gasteiger charge is -2.09. The van der Waals surface area contributed by atoms with E-state index in [-0.39, 0.29) is 4.90 Å². The Labute approximate surface area is 119 Å². The number of nitrogens with one attached hydrogen (secondary N) is 2. The quantitative estimate of drug-likeness (QED) is 0.888. The molecule has 0 atom stereocenters. The highest BCUT2D eigenvalue weighted by Crippen LogP contribution is 2.17. The average Bonchev–Trinajstić information content (AvgIpc) is 2.39. The van der Waals surface area contributed by atoms with Crippen LogP contribution in [0, 0.1) is 6.92 Å². The van der Waals surface area contributed by atoms with Crippen LogP contribution in [-0.4, -0.2) is 19.9 Å². The molecule has 6 heteroatoms. The van der Waals surface area contributed by atoms with E-state index in [1.54, 1.807) is 24.3 Å². The number of rotatable bonds is 5. The molecule has 0 aliphatic heterocycles. The van der Waals surface area contributed by atoms with Crippen LogP contribution >= 0.6 is 0 Å². The number of hydrogen-bond acceptors (Lipinski definition) is 4. The molecule has 2 N–H and O–H groups in total. The van der Waals surface area contributed by atoms with Crippen LogP contribution in [-0.2, 0) is 10.0 Å². The van der Waals surface area contributed by atoms with Crippen LogP contribution in [0.2, 0.25) is 0 Å². The minimum absolute atomic E-state index is 0.139. The monoisotopic (exact) mass is 291 g/mol. The fourth-order valence-corrected chi connectivity index (χ4v) is 2.74. The van der Waals surface area contributed by atoms with Gasteiger partial charge in [0, 0.05) is 18.4 Å². The van der Waals surface area contributed by atoms with Gasteiger partial charge in [0.15, 0.2) is 0 Å². The predicted molar refractivity (Wildman–Crippen MR) is 80.4 cm³/mol. The number of aromatic nitrogens is 1. The van der Waals surface area contributed by atoms with Crippen molar-refractivity contribution in [1.82, 2.24) is 4.98 Å². The SMILES string of the molecule is CCNc1ccc(S(=O)(=O)Nc2cccc(C)c2)cn1. The lowest BCUT2D eigenvalue weighted by Crippen LogP contribution is -2.13. The summed E-state index contributed by atoms with van der Waals surface area (Å²) in [7, 11) is -3.60. The zero-order valence-electron chi connectivity index (χ0n) is 11.4. The fourth-order valence-electron chi connectivity index (χ4n) is 1.75. The molecule has 0 fully saturated rings. The maximum absolute atomic E-state index is 12.2. The van der Waals surface area contributed by atoms with E-state index in [4.69, 9.17) is 0 Å². The Kier molecular flexibility index (Phi) is 4.24. The Morgan fingerprint density at radius 2 is 2.00 bits per heavy atom. The summed E-state index contributed by atoms with van der Waals surface area (Å²) < 4.78 is 27.0. The van der Waals surface area contributed by atoms with Crippen LogP contribution in [0.1, 0.15) is 12.5 Å². The van der Waals surface area contributed by atoms with Gasteiger partial charge in [0.1, 0.15) is 10.7 Å². The van der Waals surface area contributed by atoms with Crippen molar-refractivity contribution in [2.24, 2.45) is 0 Å². The second kappa shape index (κ2) is 5.92. The molecular weight excluding hydrogens is 274 g/mol. The summed E-state index contributed by atoms with van der Waals surface area (Å²) in [6.07, 6.45) is 1.34. The van der Waals surface area contributed by atoms with Crippen LogP contribution in [0.4, 0.5) is 11.5 Å². The van der Waals surface area contributed by atoms with E-state index in [0.717, 1.165) is 12.1 Å². The predicted octanol–water partition coefficient (Wildman–Crippen LogP) is 2.62. The van der Waals surface area contributed by atoms with Crippen molar-refractivity contribution in [2.75, 3.05) is 16.6 Å². The Balaban J connectivity index is 2.21. The third-order valence-corrected chi connectivity index (χ3v) is 4.04. The van der Waals surface area contributed by atoms with E-state index in [9.17, 15) is 8.42 Å². The Bertz CT molecular complexity index is 682. The first-order valence-corrected chi connectivity index (χ1v) is 7.79. The molecule has 0 saturated heterocycles. The smallest absolute Gasteiger partial charge is 0.263 e. The maximum atomic E-state index is 12.2. The van der Waals surface area contributed by atoms with Crippen molar-refractivity contribution in [2.45, 2.75) is 18.7 Å². The second-order valence-electron chi connectivity index (χ2n) is 4.38. The standard InChI is InChI=1S/C14H17N3O2S/c1-3-15-14-8-7-13(10-16-14)20(18,19)17-12-6-4-5-11(2)9-12/h4-10,17H,3H2,1-2H3,(H,15,16). The summed E-state index contributed by atoms with van der Waals surface area (Å²) >= 11 is 0. The lowest BCUT2D eigenvalue weighted by molar-refractivity contribution is 0.601. The Hall–Kier alpha value is -2.08. The van der Waals surface area contributed by atoms with Gasteiger partial charge in [0.05, 0.1) is 0 Å². The number of aryl methyl sites for hydroxylation is 1. The molecule has 1 aromatic carbocycles. The first kappa shape index (κ1) is 14.3. The molecule has 1 heterocycles. The zero-order valence-corrected chi connectivity index (χ0v) is 12.2. The number of pyridine rings is 1. The van der Waals surface area contributed by atoms with Crippen LogP contribution < -0.4 is 10.0 Å². The Morgan fingerprint density at radius 3 is 2.60 bits per heavy atom. The Morgan fingerprint density at radius 1 is 1.20 bits per heavy atom. The molecule has 0 bridgehead atoms. The summed E-state index contributed by atoms with van der Waals surface area (Å²) in [5.74, 6) is 0.655. The highest BCUT2D eigenvalue weighted by Gasteiger charge is 2.14. The summed E-state index contributed by atoms with van der Waals surface area (Å²) in [4.78, 5) is 4.20. The maximum Gasteiger partial charge on any atom is 0.263 e. The summed E-state index contributed by atoms with van der Waals surface area (Å²) in [6.45, 7) is 4.59. The van der Waals surface area contributed by atoms with Crippen LogP contribution in [0.5, 0.6) is 0 Å². The molecule has 5 nitrogen and oxygen atoms in total. The van der Waals surface area contributed by atoms with Crippen LogP contribution in [0.3, 0.4) is 0 Å². The van der Waals surface area contributed by atoms with Crippen molar-refractivity contribution in [3.8, 4) is 0 Å². The third kappa shape index (κ3) is 3.48. The zero-order chi connectivity index (χ0) is 14.6. The van der Waals surface area contributed by atoms with E-state index in [2.05, 4.69) is 15.0 Å². The van der Waals surface area contributed by atoms with E-state index in [1.165, 1.54) is 12.3 Å². The van der Waals surface area contributed by atoms with E-state index >= 15 is 0 Å². The van der Waals surface area contributed by atoms with Gasteiger partial charge < -0.3 is 5.32 Å². The molecule has 0 amide bonds. The summed E-state index contributed by atoms with van der Waals surface area (Å²) in [5.41, 5.74) is 1.53. The minimum atomic E-state index is -3.60. The molecule has 2 aromatic rings. The van der Waals surface area contributed by atoms with Crippen LogP contribution in [0.15, 0.2) is 47.5 Å². The van der Waals surface area contributed by atoms with E-state index < -0.39 is 10.0 Å². The molecule has 0 spiro atoms. The molecule has 2 rings (SSSR count). The van der Waals surface area contributed by atoms with Gasteiger partial charge >= 0.3 is 0 Å². The van der Waals surface area contributed by atoms with Crippen molar-refractivity contribution >= 4 is 21.5 Å². The van der Waals surface area contributed by atoms with Crippen molar-refractivity contribution in [3.05, 3.63) is 48.2 Å². The molecule has 106 valence electrons. The topological polar surface area (TPSA) is 71.1 Å². The number of hydrogen-bond donors (Lipinski definition) is 2. The third-order valence-electron chi connectivity index (χ3n) is 2.67. The van der Waals surface area contributed by atoms with Gasteiger partial charge in [-0.2, -0.15) is 0 Å². The molecule has 20 heavy (non-hydrogen) atoms. The molecule has 1 aromatic heterocycles. The molecule has 0 aliphatic rings. The number of anilines is 2.